The molecule has 0 aliphatic rings. The maximum absolute atomic E-state index is 10.9. The molecule has 0 fully saturated rings. The first kappa shape index (κ1) is 12.0. The van der Waals surface area contributed by atoms with Crippen molar-refractivity contribution in [3.05, 3.63) is 28.2 Å². The van der Waals surface area contributed by atoms with Crippen LogP contribution >= 0.6 is 15.9 Å². The summed E-state index contributed by atoms with van der Waals surface area (Å²) in [5, 5.41) is 0. The number of hydrogen-bond donors (Lipinski definition) is 0. The number of benzene rings is 1. The fraction of sp³-hybridized carbons (Fsp3) is 0.364. The van der Waals surface area contributed by atoms with Crippen LogP contribution in [0.2, 0.25) is 0 Å². The van der Waals surface area contributed by atoms with Crippen LogP contribution in [0.15, 0.2) is 22.7 Å². The zero-order chi connectivity index (χ0) is 11.3. The van der Waals surface area contributed by atoms with Crippen molar-refractivity contribution in [3.8, 4) is 5.75 Å². The van der Waals surface area contributed by atoms with E-state index in [1.165, 1.54) is 7.11 Å². The highest BCUT2D eigenvalue weighted by Crippen LogP contribution is 2.24. The molecule has 0 heterocycles. The number of carbonyl (C=O) groups is 1. The van der Waals surface area contributed by atoms with Gasteiger partial charge in [0, 0.05) is 4.47 Å². The minimum absolute atomic E-state index is 0.0556. The lowest BCUT2D eigenvalue weighted by molar-refractivity contribution is -0.142. The van der Waals surface area contributed by atoms with E-state index in [9.17, 15) is 4.79 Å². The lowest BCUT2D eigenvalue weighted by Gasteiger charge is -2.09. The summed E-state index contributed by atoms with van der Waals surface area (Å²) in [5.74, 6) is 0.342. The van der Waals surface area contributed by atoms with Gasteiger partial charge in [-0.15, -0.1) is 0 Å². The van der Waals surface area contributed by atoms with E-state index in [1.54, 1.807) is 0 Å². The summed E-state index contributed by atoms with van der Waals surface area (Å²) in [6.07, 6.45) is 0.865. The van der Waals surface area contributed by atoms with E-state index in [-0.39, 0.29) is 12.6 Å². The van der Waals surface area contributed by atoms with Crippen molar-refractivity contribution in [2.75, 3.05) is 13.7 Å². The van der Waals surface area contributed by atoms with Crippen LogP contribution in [0.3, 0.4) is 0 Å². The molecule has 0 radical (unpaired) electrons. The lowest BCUT2D eigenvalue weighted by atomic mass is 10.1. The molecule has 1 aromatic carbocycles. The maximum atomic E-state index is 10.9. The minimum atomic E-state index is -0.378. The molecule has 4 heteroatoms. The fourth-order valence-corrected chi connectivity index (χ4v) is 1.49. The van der Waals surface area contributed by atoms with Crippen LogP contribution < -0.4 is 4.74 Å². The molecular weight excluding hydrogens is 260 g/mol. The van der Waals surface area contributed by atoms with Gasteiger partial charge in [-0.2, -0.15) is 0 Å². The standard InChI is InChI=1S/C11H13BrO3/c1-3-8-4-5-9(12)6-10(8)15-7-11(13)14-2/h4-6H,3,7H2,1-2H3. The molecule has 0 bridgehead atoms. The van der Waals surface area contributed by atoms with Gasteiger partial charge in [-0.05, 0) is 24.1 Å². The number of methoxy groups -OCH3 is 1. The first-order valence-electron chi connectivity index (χ1n) is 4.65. The molecule has 0 aliphatic carbocycles. The van der Waals surface area contributed by atoms with Gasteiger partial charge >= 0.3 is 5.97 Å². The SMILES string of the molecule is CCc1ccc(Br)cc1OCC(=O)OC. The van der Waals surface area contributed by atoms with E-state index in [4.69, 9.17) is 4.74 Å². The Morgan fingerprint density at radius 3 is 2.80 bits per heavy atom. The highest BCUT2D eigenvalue weighted by Gasteiger charge is 2.06. The number of halogens is 1. The van der Waals surface area contributed by atoms with Crippen LogP contribution in [0, 0.1) is 0 Å². The molecular formula is C11H13BrO3. The van der Waals surface area contributed by atoms with Gasteiger partial charge in [-0.25, -0.2) is 4.79 Å². The van der Waals surface area contributed by atoms with Gasteiger partial charge in [0.15, 0.2) is 6.61 Å². The topological polar surface area (TPSA) is 35.5 Å². The Balaban J connectivity index is 2.74. The van der Waals surface area contributed by atoms with Crippen LogP contribution in [0.1, 0.15) is 12.5 Å². The summed E-state index contributed by atoms with van der Waals surface area (Å²) >= 11 is 3.35. The van der Waals surface area contributed by atoms with E-state index in [1.807, 2.05) is 25.1 Å². The first-order valence-corrected chi connectivity index (χ1v) is 5.44. The van der Waals surface area contributed by atoms with Crippen molar-refractivity contribution in [1.82, 2.24) is 0 Å². The van der Waals surface area contributed by atoms with Crippen molar-refractivity contribution in [2.24, 2.45) is 0 Å². The van der Waals surface area contributed by atoms with Crippen molar-refractivity contribution < 1.29 is 14.3 Å². The average Bonchev–Trinajstić information content (AvgIpc) is 2.26. The van der Waals surface area contributed by atoms with Gasteiger partial charge in [-0.1, -0.05) is 28.9 Å². The minimum Gasteiger partial charge on any atom is -0.482 e. The van der Waals surface area contributed by atoms with Crippen molar-refractivity contribution in [1.29, 1.82) is 0 Å². The number of carbonyl (C=O) groups excluding carboxylic acids is 1. The van der Waals surface area contributed by atoms with Gasteiger partial charge < -0.3 is 9.47 Å². The van der Waals surface area contributed by atoms with Crippen LogP contribution in [0.5, 0.6) is 5.75 Å². The number of aryl methyl sites for hydroxylation is 1. The van der Waals surface area contributed by atoms with E-state index < -0.39 is 0 Å². The normalized spacial score (nSPS) is 9.80. The van der Waals surface area contributed by atoms with Gasteiger partial charge in [0.1, 0.15) is 5.75 Å². The summed E-state index contributed by atoms with van der Waals surface area (Å²) < 4.78 is 10.8. The molecule has 0 atom stereocenters. The van der Waals surface area contributed by atoms with Crippen LogP contribution in [-0.4, -0.2) is 19.7 Å². The third kappa shape index (κ3) is 3.55. The second-order valence-electron chi connectivity index (χ2n) is 2.97. The van der Waals surface area contributed by atoms with Gasteiger partial charge in [0.25, 0.3) is 0 Å². The molecule has 1 aromatic rings. The van der Waals surface area contributed by atoms with E-state index >= 15 is 0 Å². The lowest BCUT2D eigenvalue weighted by Crippen LogP contribution is -2.13. The average molecular weight is 273 g/mol. The van der Waals surface area contributed by atoms with Crippen LogP contribution in [0.4, 0.5) is 0 Å². The Kier molecular flexibility index (Phi) is 4.62. The smallest absolute Gasteiger partial charge is 0.343 e. The molecule has 15 heavy (non-hydrogen) atoms. The summed E-state index contributed by atoms with van der Waals surface area (Å²) in [6.45, 7) is 1.98. The summed E-state index contributed by atoms with van der Waals surface area (Å²) in [5.41, 5.74) is 1.07. The molecule has 0 unspecified atom stereocenters. The molecule has 3 nitrogen and oxygen atoms in total. The van der Waals surface area contributed by atoms with Crippen molar-refractivity contribution in [2.45, 2.75) is 13.3 Å². The first-order chi connectivity index (χ1) is 7.17. The number of esters is 1. The van der Waals surface area contributed by atoms with Crippen LogP contribution in [0.25, 0.3) is 0 Å². The Hall–Kier alpha value is -1.03. The third-order valence-electron chi connectivity index (χ3n) is 1.98. The second-order valence-corrected chi connectivity index (χ2v) is 3.89. The zero-order valence-electron chi connectivity index (χ0n) is 8.75. The molecule has 1 rings (SSSR count). The molecule has 0 saturated carbocycles. The Bertz CT molecular complexity index is 350. The Morgan fingerprint density at radius 2 is 2.20 bits per heavy atom. The molecule has 0 saturated heterocycles. The van der Waals surface area contributed by atoms with E-state index in [0.717, 1.165) is 22.2 Å². The monoisotopic (exact) mass is 272 g/mol. The quantitative estimate of drug-likeness (QED) is 0.791. The number of hydrogen-bond acceptors (Lipinski definition) is 3. The Morgan fingerprint density at radius 1 is 1.47 bits per heavy atom. The van der Waals surface area contributed by atoms with Gasteiger partial charge in [0.05, 0.1) is 7.11 Å². The van der Waals surface area contributed by atoms with E-state index in [2.05, 4.69) is 20.7 Å². The Labute approximate surface area is 97.5 Å². The number of ether oxygens (including phenoxy) is 2. The van der Waals surface area contributed by atoms with Gasteiger partial charge in [-0.3, -0.25) is 0 Å². The highest BCUT2D eigenvalue weighted by atomic mass is 79.9. The number of rotatable bonds is 4. The summed E-state index contributed by atoms with van der Waals surface area (Å²) in [4.78, 5) is 10.9. The predicted molar refractivity (Wildman–Crippen MR) is 61.0 cm³/mol. The van der Waals surface area contributed by atoms with Gasteiger partial charge in [0.2, 0.25) is 0 Å². The zero-order valence-corrected chi connectivity index (χ0v) is 10.3. The highest BCUT2D eigenvalue weighted by molar-refractivity contribution is 9.10. The van der Waals surface area contributed by atoms with E-state index in [0.29, 0.717) is 0 Å². The molecule has 0 aromatic heterocycles. The van der Waals surface area contributed by atoms with Crippen molar-refractivity contribution >= 4 is 21.9 Å². The molecule has 82 valence electrons. The van der Waals surface area contributed by atoms with Crippen LogP contribution in [-0.2, 0) is 16.0 Å². The fourth-order valence-electron chi connectivity index (χ4n) is 1.15. The maximum Gasteiger partial charge on any atom is 0.343 e. The molecule has 0 N–H and O–H groups in total. The third-order valence-corrected chi connectivity index (χ3v) is 2.48. The predicted octanol–water partition coefficient (Wildman–Crippen LogP) is 2.56. The molecule has 0 amide bonds. The summed E-state index contributed by atoms with van der Waals surface area (Å²) in [7, 11) is 1.34. The summed E-state index contributed by atoms with van der Waals surface area (Å²) in [6, 6.07) is 5.77. The van der Waals surface area contributed by atoms with Crippen molar-refractivity contribution in [3.63, 3.8) is 0 Å². The largest absolute Gasteiger partial charge is 0.482 e. The molecule has 0 aliphatic heterocycles. The second kappa shape index (κ2) is 5.75. The molecule has 0 spiro atoms.